The highest BCUT2D eigenvalue weighted by Gasteiger charge is 2.15. The number of ether oxygens (including phenoxy) is 1. The Balaban J connectivity index is 0.000000174. The summed E-state index contributed by atoms with van der Waals surface area (Å²) < 4.78 is 5.36. The Bertz CT molecular complexity index is 3100. The van der Waals surface area contributed by atoms with E-state index >= 15 is 0 Å². The van der Waals surface area contributed by atoms with Crippen LogP contribution in [-0.2, 0) is 11.2 Å². The van der Waals surface area contributed by atoms with Crippen molar-refractivity contribution in [2.75, 3.05) is 7.11 Å². The lowest BCUT2D eigenvalue weighted by atomic mass is 9.99. The van der Waals surface area contributed by atoms with Crippen LogP contribution in [0.25, 0.3) is 44.5 Å². The number of hydrogen-bond donors (Lipinski definition) is 3. The molecular formula is C62H60O8. The summed E-state index contributed by atoms with van der Waals surface area (Å²) in [6.45, 7) is 14.1. The molecule has 0 spiro atoms. The summed E-state index contributed by atoms with van der Waals surface area (Å²) in [6, 6.07) is 53.1. The zero-order chi connectivity index (χ0) is 51.1. The molecule has 70 heavy (non-hydrogen) atoms. The number of carbonyl (C=O) groups excluding carboxylic acids is 4. The topological polar surface area (TPSA) is 138 Å². The van der Waals surface area contributed by atoms with Crippen LogP contribution in [0.3, 0.4) is 0 Å². The lowest BCUT2D eigenvalue weighted by molar-refractivity contribution is -0.116. The van der Waals surface area contributed by atoms with Gasteiger partial charge in [0.15, 0.2) is 17.3 Å². The number of benzene rings is 8. The van der Waals surface area contributed by atoms with Gasteiger partial charge in [-0.2, -0.15) is 0 Å². The summed E-state index contributed by atoms with van der Waals surface area (Å²) in [5.74, 6) is 1.19. The molecule has 0 saturated heterocycles. The van der Waals surface area contributed by atoms with Gasteiger partial charge in [0, 0.05) is 23.1 Å². The van der Waals surface area contributed by atoms with E-state index in [1.165, 1.54) is 36.1 Å². The number of hydrogen-bond acceptors (Lipinski definition) is 8. The van der Waals surface area contributed by atoms with E-state index in [0.29, 0.717) is 40.0 Å². The van der Waals surface area contributed by atoms with E-state index in [4.69, 9.17) is 4.74 Å². The predicted molar refractivity (Wildman–Crippen MR) is 282 cm³/mol. The fourth-order valence-electron chi connectivity index (χ4n) is 7.72. The molecule has 8 aromatic carbocycles. The zero-order valence-electron chi connectivity index (χ0n) is 41.3. The van der Waals surface area contributed by atoms with E-state index in [9.17, 15) is 34.5 Å². The largest absolute Gasteiger partial charge is 0.507 e. The Morgan fingerprint density at radius 3 is 1.27 bits per heavy atom. The Morgan fingerprint density at radius 1 is 0.400 bits per heavy atom. The van der Waals surface area contributed by atoms with Crippen LogP contribution in [0.5, 0.6) is 23.0 Å². The number of ketones is 4. The maximum atomic E-state index is 11.3. The quantitative estimate of drug-likeness (QED) is 0.115. The molecule has 0 unspecified atom stereocenters. The lowest BCUT2D eigenvalue weighted by Gasteiger charge is -2.13. The van der Waals surface area contributed by atoms with Gasteiger partial charge in [-0.1, -0.05) is 157 Å². The van der Waals surface area contributed by atoms with Crippen LogP contribution >= 0.6 is 0 Å². The number of rotatable bonds is 10. The van der Waals surface area contributed by atoms with Crippen molar-refractivity contribution < 1.29 is 39.2 Å². The molecule has 8 nitrogen and oxygen atoms in total. The fraction of sp³-hybridized carbons (Fsp3) is 0.161. The molecule has 0 aliphatic rings. The Kier molecular flexibility index (Phi) is 18.5. The van der Waals surface area contributed by atoms with Gasteiger partial charge < -0.3 is 20.1 Å². The maximum Gasteiger partial charge on any atom is 0.159 e. The summed E-state index contributed by atoms with van der Waals surface area (Å²) in [6.07, 6.45) is 0.514. The summed E-state index contributed by atoms with van der Waals surface area (Å²) in [5, 5.41) is 29.8. The lowest BCUT2D eigenvalue weighted by Crippen LogP contribution is -1.96. The third-order valence-electron chi connectivity index (χ3n) is 11.3. The number of phenols is 3. The van der Waals surface area contributed by atoms with E-state index in [2.05, 4.69) is 68.4 Å². The van der Waals surface area contributed by atoms with Gasteiger partial charge >= 0.3 is 0 Å². The molecule has 0 aromatic heterocycles. The second-order valence-corrected chi connectivity index (χ2v) is 17.2. The molecule has 8 heteroatoms. The van der Waals surface area contributed by atoms with Crippen LogP contribution in [-0.4, -0.2) is 45.6 Å². The van der Waals surface area contributed by atoms with Crippen molar-refractivity contribution in [3.63, 3.8) is 0 Å². The molecular weight excluding hydrogens is 873 g/mol. The van der Waals surface area contributed by atoms with Crippen LogP contribution in [0.15, 0.2) is 170 Å². The summed E-state index contributed by atoms with van der Waals surface area (Å²) in [5.41, 5.74) is 14.5. The second kappa shape index (κ2) is 24.6. The first-order chi connectivity index (χ1) is 33.3. The zero-order valence-corrected chi connectivity index (χ0v) is 41.3. The molecule has 0 heterocycles. The minimum absolute atomic E-state index is 0.0149. The first-order valence-electron chi connectivity index (χ1n) is 22.8. The van der Waals surface area contributed by atoms with Crippen molar-refractivity contribution in [3.8, 4) is 67.5 Å². The Hall–Kier alpha value is -8.36. The van der Waals surface area contributed by atoms with Crippen molar-refractivity contribution in [3.05, 3.63) is 214 Å². The molecule has 8 aromatic rings. The normalized spacial score (nSPS) is 10.2. The van der Waals surface area contributed by atoms with Crippen molar-refractivity contribution in [1.29, 1.82) is 0 Å². The molecule has 0 radical (unpaired) electrons. The van der Waals surface area contributed by atoms with Gasteiger partial charge in [0.05, 0.1) is 18.2 Å². The predicted octanol–water partition coefficient (Wildman–Crippen LogP) is 14.5. The maximum absolute atomic E-state index is 11.3. The van der Waals surface area contributed by atoms with Crippen LogP contribution < -0.4 is 4.74 Å². The van der Waals surface area contributed by atoms with Crippen molar-refractivity contribution >= 4 is 23.1 Å². The minimum Gasteiger partial charge on any atom is -0.507 e. The standard InChI is InChI=1S/C16H16O3.C16H16O.C15H14O3.C15H14O/c1-10-4-9-14(18)15(16(10)19-3)13-7-5-12(6-8-13)11(2)17;1-12-5-3-7-15(9-12)16-8-4-6-14(11-16)10-13(2)17;1-9-7-13(17)15(14(18)8-9)12-5-3-11(4-6-12)10(2)16;1-11-5-3-7-14(9-11)15-8-4-6-13(10-15)12(2)16/h4-9,18H,1-3H3;3-9,11H,10H2,1-2H3;3-8,17-18H,1-2H3;3-10H,1-2H3. The third kappa shape index (κ3) is 14.6. The molecule has 0 aliphatic heterocycles. The van der Waals surface area contributed by atoms with Gasteiger partial charge in [-0.15, -0.1) is 0 Å². The number of aromatic hydroxyl groups is 3. The summed E-state index contributed by atoms with van der Waals surface area (Å²) in [7, 11) is 1.58. The van der Waals surface area contributed by atoms with Crippen LogP contribution in [0, 0.1) is 27.7 Å². The third-order valence-corrected chi connectivity index (χ3v) is 11.3. The highest BCUT2D eigenvalue weighted by Crippen LogP contribution is 2.40. The van der Waals surface area contributed by atoms with Crippen LogP contribution in [0.1, 0.15) is 86.6 Å². The van der Waals surface area contributed by atoms with Gasteiger partial charge in [0.25, 0.3) is 0 Å². The monoisotopic (exact) mass is 932 g/mol. The molecule has 0 atom stereocenters. The number of phenolic OH excluding ortho intramolecular Hbond substituents is 3. The van der Waals surface area contributed by atoms with Gasteiger partial charge in [-0.05, 0) is 130 Å². The molecule has 356 valence electrons. The smallest absolute Gasteiger partial charge is 0.159 e. The highest BCUT2D eigenvalue weighted by atomic mass is 16.5. The van der Waals surface area contributed by atoms with Crippen molar-refractivity contribution in [1.82, 2.24) is 0 Å². The molecule has 3 N–H and O–H groups in total. The Labute approximate surface area is 411 Å². The van der Waals surface area contributed by atoms with Crippen LogP contribution in [0.4, 0.5) is 0 Å². The van der Waals surface area contributed by atoms with E-state index in [0.717, 1.165) is 38.9 Å². The number of methoxy groups -OCH3 is 1. The first kappa shape index (κ1) is 52.6. The average molecular weight is 933 g/mol. The molecule has 0 fully saturated rings. The number of Topliss-reactive ketones (excluding diaryl/α,β-unsaturated/α-hetero) is 4. The average Bonchev–Trinajstić information content (AvgIpc) is 3.32. The number of carbonyl (C=O) groups is 4. The molecule has 0 bridgehead atoms. The Morgan fingerprint density at radius 2 is 0.829 bits per heavy atom. The van der Waals surface area contributed by atoms with Gasteiger partial charge in [0.2, 0.25) is 0 Å². The van der Waals surface area contributed by atoms with E-state index in [-0.39, 0.29) is 40.4 Å². The summed E-state index contributed by atoms with van der Waals surface area (Å²) in [4.78, 5) is 44.8. The highest BCUT2D eigenvalue weighted by molar-refractivity contribution is 5.96. The van der Waals surface area contributed by atoms with Crippen LogP contribution in [0.2, 0.25) is 0 Å². The van der Waals surface area contributed by atoms with Gasteiger partial charge in [-0.3, -0.25) is 19.2 Å². The van der Waals surface area contributed by atoms with E-state index in [1.807, 2.05) is 67.6 Å². The van der Waals surface area contributed by atoms with E-state index < -0.39 is 0 Å². The molecule has 8 rings (SSSR count). The van der Waals surface area contributed by atoms with Gasteiger partial charge in [-0.25, -0.2) is 0 Å². The molecule has 0 saturated carbocycles. The molecule has 0 amide bonds. The fourth-order valence-corrected chi connectivity index (χ4v) is 7.72. The minimum atomic E-state index is -0.0149. The van der Waals surface area contributed by atoms with Crippen molar-refractivity contribution in [2.45, 2.75) is 61.8 Å². The SMILES string of the molecule is CC(=O)Cc1cccc(-c2cccc(C)c2)c1.CC(=O)c1ccc(-c2c(O)cc(C)cc2O)cc1.CC(=O)c1cccc(-c2cccc(C)c2)c1.COc1c(C)ccc(O)c1-c1ccc(C(C)=O)cc1. The van der Waals surface area contributed by atoms with Crippen molar-refractivity contribution in [2.24, 2.45) is 0 Å². The van der Waals surface area contributed by atoms with E-state index in [1.54, 1.807) is 82.5 Å². The second-order valence-electron chi connectivity index (χ2n) is 17.2. The first-order valence-corrected chi connectivity index (χ1v) is 22.8. The molecule has 0 aliphatic carbocycles. The summed E-state index contributed by atoms with van der Waals surface area (Å²) >= 11 is 0. The number of aryl methyl sites for hydroxylation is 4. The van der Waals surface area contributed by atoms with Gasteiger partial charge in [0.1, 0.15) is 28.8 Å².